The van der Waals surface area contributed by atoms with Gasteiger partial charge in [0.1, 0.15) is 11.2 Å². The molecule has 3 rings (SSSR count). The van der Waals surface area contributed by atoms with Gasteiger partial charge in [0.15, 0.2) is 10.7 Å². The van der Waals surface area contributed by atoms with Crippen molar-refractivity contribution in [2.45, 2.75) is 13.1 Å². The van der Waals surface area contributed by atoms with Gasteiger partial charge in [0.2, 0.25) is 0 Å². The van der Waals surface area contributed by atoms with Gasteiger partial charge in [0, 0.05) is 11.9 Å². The number of halogens is 3. The highest BCUT2D eigenvalue weighted by molar-refractivity contribution is 7.14. The largest absolute Gasteiger partial charge is 0.423 e. The molecule has 2 aromatic heterocycles. The van der Waals surface area contributed by atoms with Gasteiger partial charge >= 0.3 is 12.2 Å². The summed E-state index contributed by atoms with van der Waals surface area (Å²) in [6, 6.07) is 3.04. The molecule has 0 aliphatic rings. The Kier molecular flexibility index (Phi) is 4.14. The number of thiazole rings is 1. The number of carbonyl (C=O) groups excluding carboxylic acids is 1. The summed E-state index contributed by atoms with van der Waals surface area (Å²) in [6.45, 7) is 2.27. The van der Waals surface area contributed by atoms with Gasteiger partial charge < -0.3 is 9.73 Å². The van der Waals surface area contributed by atoms with E-state index >= 15 is 0 Å². The third kappa shape index (κ3) is 3.32. The molecule has 126 valence electrons. The second-order valence-corrected chi connectivity index (χ2v) is 5.58. The smallest absolute Gasteiger partial charge is 0.416 e. The highest BCUT2D eigenvalue weighted by Crippen LogP contribution is 2.32. The standard InChI is InChI=1S/C14H11F3N4O2S/c1-2-18-11(22)9-6-24-13(20-9)21-12-19-8-5-7(14(15,16)17)3-4-10(8)23-12/h3-6H,2H2,1H3,(H,18,22)(H,19,20,21). The Labute approximate surface area is 137 Å². The van der Waals surface area contributed by atoms with Crippen LogP contribution in [0.5, 0.6) is 0 Å². The zero-order valence-electron chi connectivity index (χ0n) is 12.3. The molecular weight excluding hydrogens is 345 g/mol. The van der Waals surface area contributed by atoms with Crippen LogP contribution < -0.4 is 10.6 Å². The zero-order valence-corrected chi connectivity index (χ0v) is 13.1. The number of nitrogens with one attached hydrogen (secondary N) is 2. The summed E-state index contributed by atoms with van der Waals surface area (Å²) >= 11 is 1.15. The van der Waals surface area contributed by atoms with Crippen molar-refractivity contribution in [2.24, 2.45) is 0 Å². The lowest BCUT2D eigenvalue weighted by molar-refractivity contribution is -0.137. The fraction of sp³-hybridized carbons (Fsp3) is 0.214. The topological polar surface area (TPSA) is 80.0 Å². The maximum absolute atomic E-state index is 12.7. The van der Waals surface area contributed by atoms with E-state index in [4.69, 9.17) is 4.42 Å². The van der Waals surface area contributed by atoms with E-state index in [-0.39, 0.29) is 28.7 Å². The number of rotatable bonds is 4. The van der Waals surface area contributed by atoms with Crippen LogP contribution in [0.4, 0.5) is 24.3 Å². The lowest BCUT2D eigenvalue weighted by atomic mass is 10.2. The Morgan fingerprint density at radius 2 is 2.12 bits per heavy atom. The van der Waals surface area contributed by atoms with Crippen LogP contribution in [0.25, 0.3) is 11.1 Å². The number of nitrogens with zero attached hydrogens (tertiary/aromatic N) is 2. The summed E-state index contributed by atoms with van der Waals surface area (Å²) in [5.74, 6) is -0.311. The van der Waals surface area contributed by atoms with Gasteiger partial charge in [0.05, 0.1) is 5.56 Å². The first kappa shape index (κ1) is 16.2. The Morgan fingerprint density at radius 3 is 2.83 bits per heavy atom. The van der Waals surface area contributed by atoms with E-state index in [0.717, 1.165) is 23.5 Å². The van der Waals surface area contributed by atoms with Crippen molar-refractivity contribution in [2.75, 3.05) is 11.9 Å². The molecule has 0 atom stereocenters. The average molecular weight is 356 g/mol. The van der Waals surface area contributed by atoms with E-state index in [2.05, 4.69) is 20.6 Å². The number of oxazole rings is 1. The first-order chi connectivity index (χ1) is 11.4. The quantitative estimate of drug-likeness (QED) is 0.743. The number of aromatic nitrogens is 2. The SMILES string of the molecule is CCNC(=O)c1csc(Nc2nc3cc(C(F)(F)F)ccc3o2)n1. The minimum Gasteiger partial charge on any atom is -0.423 e. The molecular formula is C14H11F3N4O2S. The second-order valence-electron chi connectivity index (χ2n) is 4.72. The molecule has 0 saturated heterocycles. The lowest BCUT2D eigenvalue weighted by Gasteiger charge is -2.04. The summed E-state index contributed by atoms with van der Waals surface area (Å²) in [5, 5.41) is 7.25. The first-order valence-electron chi connectivity index (χ1n) is 6.85. The molecule has 1 amide bonds. The molecule has 0 fully saturated rings. The van der Waals surface area contributed by atoms with Crippen molar-refractivity contribution in [3.63, 3.8) is 0 Å². The molecule has 2 heterocycles. The van der Waals surface area contributed by atoms with Crippen LogP contribution in [0, 0.1) is 0 Å². The van der Waals surface area contributed by atoms with E-state index in [9.17, 15) is 18.0 Å². The number of carbonyl (C=O) groups is 1. The van der Waals surface area contributed by atoms with E-state index in [1.54, 1.807) is 12.3 Å². The van der Waals surface area contributed by atoms with Crippen LogP contribution in [0.15, 0.2) is 28.0 Å². The van der Waals surface area contributed by atoms with Crippen LogP contribution in [0.2, 0.25) is 0 Å². The lowest BCUT2D eigenvalue weighted by Crippen LogP contribution is -2.22. The van der Waals surface area contributed by atoms with Crippen molar-refractivity contribution in [1.29, 1.82) is 0 Å². The third-order valence-corrected chi connectivity index (χ3v) is 3.76. The van der Waals surface area contributed by atoms with Crippen molar-refractivity contribution >= 4 is 39.5 Å². The van der Waals surface area contributed by atoms with Gasteiger partial charge in [-0.05, 0) is 25.1 Å². The molecule has 0 radical (unpaired) electrons. The van der Waals surface area contributed by atoms with E-state index in [0.29, 0.717) is 11.7 Å². The molecule has 0 aliphatic heterocycles. The normalized spacial score (nSPS) is 11.7. The molecule has 0 aliphatic carbocycles. The second kappa shape index (κ2) is 6.11. The molecule has 3 aromatic rings. The van der Waals surface area contributed by atoms with Gasteiger partial charge in [-0.25, -0.2) is 4.98 Å². The summed E-state index contributed by atoms with van der Waals surface area (Å²) in [7, 11) is 0. The predicted molar refractivity (Wildman–Crippen MR) is 82.4 cm³/mol. The summed E-state index contributed by atoms with van der Waals surface area (Å²) in [6.07, 6.45) is -4.45. The number of benzene rings is 1. The number of alkyl halides is 3. The zero-order chi connectivity index (χ0) is 17.3. The Morgan fingerprint density at radius 1 is 1.33 bits per heavy atom. The van der Waals surface area contributed by atoms with Crippen molar-refractivity contribution in [3.8, 4) is 0 Å². The monoisotopic (exact) mass is 356 g/mol. The van der Waals surface area contributed by atoms with Gasteiger partial charge in [0.25, 0.3) is 5.91 Å². The van der Waals surface area contributed by atoms with Crippen LogP contribution in [0.3, 0.4) is 0 Å². The molecule has 10 heteroatoms. The Balaban J connectivity index is 1.82. The molecule has 2 N–H and O–H groups in total. The first-order valence-corrected chi connectivity index (χ1v) is 7.73. The van der Waals surface area contributed by atoms with E-state index < -0.39 is 11.7 Å². The van der Waals surface area contributed by atoms with E-state index in [1.807, 2.05) is 0 Å². The number of amides is 1. The molecule has 0 spiro atoms. The molecule has 24 heavy (non-hydrogen) atoms. The van der Waals surface area contributed by atoms with Gasteiger partial charge in [-0.3, -0.25) is 10.1 Å². The fourth-order valence-corrected chi connectivity index (χ4v) is 2.62. The van der Waals surface area contributed by atoms with Crippen LogP contribution >= 0.6 is 11.3 Å². The summed E-state index contributed by atoms with van der Waals surface area (Å²) < 4.78 is 43.4. The van der Waals surface area contributed by atoms with Crippen LogP contribution in [-0.4, -0.2) is 22.4 Å². The van der Waals surface area contributed by atoms with E-state index in [1.165, 1.54) is 6.07 Å². The highest BCUT2D eigenvalue weighted by Gasteiger charge is 2.31. The van der Waals surface area contributed by atoms with Crippen molar-refractivity contribution in [1.82, 2.24) is 15.3 Å². The van der Waals surface area contributed by atoms with Gasteiger partial charge in [-0.1, -0.05) is 0 Å². The number of anilines is 2. The highest BCUT2D eigenvalue weighted by atomic mass is 32.1. The number of hydrogen-bond acceptors (Lipinski definition) is 6. The maximum atomic E-state index is 12.7. The minimum atomic E-state index is -4.45. The third-order valence-electron chi connectivity index (χ3n) is 3.00. The van der Waals surface area contributed by atoms with Crippen LogP contribution in [0.1, 0.15) is 23.0 Å². The Hall–Kier alpha value is -2.62. The van der Waals surface area contributed by atoms with Gasteiger partial charge in [-0.2, -0.15) is 18.2 Å². The summed E-state index contributed by atoms with van der Waals surface area (Å²) in [4.78, 5) is 19.7. The average Bonchev–Trinajstić information content (AvgIpc) is 3.12. The number of fused-ring (bicyclic) bond motifs is 1. The molecule has 1 aromatic carbocycles. The molecule has 6 nitrogen and oxygen atoms in total. The number of hydrogen-bond donors (Lipinski definition) is 2. The fourth-order valence-electron chi connectivity index (χ4n) is 1.94. The Bertz CT molecular complexity index is 888. The molecule has 0 unspecified atom stereocenters. The molecule has 0 saturated carbocycles. The minimum absolute atomic E-state index is 0.00104. The predicted octanol–water partition coefficient (Wildman–Crippen LogP) is 3.80. The van der Waals surface area contributed by atoms with Crippen LogP contribution in [-0.2, 0) is 6.18 Å². The van der Waals surface area contributed by atoms with Crippen molar-refractivity contribution in [3.05, 3.63) is 34.8 Å². The van der Waals surface area contributed by atoms with Gasteiger partial charge in [-0.15, -0.1) is 11.3 Å². The van der Waals surface area contributed by atoms with Crippen molar-refractivity contribution < 1.29 is 22.4 Å². The summed E-state index contributed by atoms with van der Waals surface area (Å²) in [5.41, 5.74) is -0.277. The molecule has 0 bridgehead atoms. The maximum Gasteiger partial charge on any atom is 0.416 e.